The van der Waals surface area contributed by atoms with E-state index in [1.165, 1.54) is 0 Å². The second kappa shape index (κ2) is 3.58. The van der Waals surface area contributed by atoms with Crippen molar-refractivity contribution in [3.63, 3.8) is 0 Å². The molecule has 0 unspecified atom stereocenters. The molecule has 0 saturated carbocycles. The molecule has 90 valence electrons. The molecule has 0 spiro atoms. The number of aromatic hydroxyl groups is 1. The molecule has 0 aliphatic carbocycles. The molecular weight excluding hydrogens is 220 g/mol. The molecule has 4 nitrogen and oxygen atoms in total. The van der Waals surface area contributed by atoms with E-state index in [1.807, 2.05) is 13.8 Å². The van der Waals surface area contributed by atoms with Gasteiger partial charge in [-0.15, -0.1) is 0 Å². The molecular formula is C13H14O4. The third kappa shape index (κ3) is 1.69. The lowest BCUT2D eigenvalue weighted by Crippen LogP contribution is -2.32. The number of phenolic OH excluding ortho intramolecular Hbond substituents is 1. The van der Waals surface area contributed by atoms with Crippen LogP contribution >= 0.6 is 0 Å². The number of aryl methyl sites for hydroxylation is 1. The van der Waals surface area contributed by atoms with Crippen molar-refractivity contribution >= 4 is 12.3 Å². The van der Waals surface area contributed by atoms with Crippen molar-refractivity contribution in [3.8, 4) is 11.5 Å². The van der Waals surface area contributed by atoms with Crippen LogP contribution in [0, 0.1) is 6.92 Å². The second-order valence-corrected chi connectivity index (χ2v) is 4.98. The summed E-state index contributed by atoms with van der Waals surface area (Å²) in [7, 11) is 0. The van der Waals surface area contributed by atoms with Crippen molar-refractivity contribution in [1.82, 2.24) is 0 Å². The van der Waals surface area contributed by atoms with E-state index >= 15 is 0 Å². The first-order valence-electron chi connectivity index (χ1n) is 5.39. The lowest BCUT2D eigenvalue weighted by molar-refractivity contribution is -0.137. The number of carbonyl (C=O) groups excluding carboxylic acids is 2. The monoisotopic (exact) mass is 234 g/mol. The summed E-state index contributed by atoms with van der Waals surface area (Å²) in [6.07, 6.45) is 0.811. The SMILES string of the molecule is Cc1cc2c(c(C=O)c1O)C(C)(C)CC(=O)O2. The smallest absolute Gasteiger partial charge is 0.312 e. The zero-order valence-corrected chi connectivity index (χ0v) is 10.0. The van der Waals surface area contributed by atoms with Crippen LogP contribution in [0.2, 0.25) is 0 Å². The van der Waals surface area contributed by atoms with Crippen molar-refractivity contribution in [2.75, 3.05) is 0 Å². The van der Waals surface area contributed by atoms with Crippen LogP contribution in [0.5, 0.6) is 11.5 Å². The van der Waals surface area contributed by atoms with Gasteiger partial charge in [0.2, 0.25) is 0 Å². The first-order valence-corrected chi connectivity index (χ1v) is 5.39. The first-order chi connectivity index (χ1) is 7.86. The van der Waals surface area contributed by atoms with E-state index in [-0.39, 0.29) is 23.7 Å². The Morgan fingerprint density at radius 1 is 1.47 bits per heavy atom. The number of carbonyl (C=O) groups is 2. The van der Waals surface area contributed by atoms with Gasteiger partial charge in [-0.1, -0.05) is 13.8 Å². The van der Waals surface area contributed by atoms with E-state index in [0.29, 0.717) is 23.2 Å². The molecule has 17 heavy (non-hydrogen) atoms. The largest absolute Gasteiger partial charge is 0.507 e. The Morgan fingerprint density at radius 2 is 2.12 bits per heavy atom. The van der Waals surface area contributed by atoms with Gasteiger partial charge in [0, 0.05) is 11.0 Å². The number of fused-ring (bicyclic) bond motifs is 1. The van der Waals surface area contributed by atoms with Crippen LogP contribution in [0.3, 0.4) is 0 Å². The third-order valence-electron chi connectivity index (χ3n) is 3.10. The number of hydrogen-bond acceptors (Lipinski definition) is 4. The fourth-order valence-electron chi connectivity index (χ4n) is 2.30. The molecule has 0 fully saturated rings. The molecule has 1 aromatic rings. The Kier molecular flexibility index (Phi) is 2.45. The minimum atomic E-state index is -0.508. The van der Waals surface area contributed by atoms with Gasteiger partial charge < -0.3 is 9.84 Å². The summed E-state index contributed by atoms with van der Waals surface area (Å²) >= 11 is 0. The molecule has 2 rings (SSSR count). The molecule has 1 N–H and O–H groups in total. The van der Waals surface area contributed by atoms with E-state index in [0.717, 1.165) is 0 Å². The quantitative estimate of drug-likeness (QED) is 0.459. The molecule has 0 atom stereocenters. The minimum Gasteiger partial charge on any atom is -0.507 e. The van der Waals surface area contributed by atoms with Gasteiger partial charge in [-0.05, 0) is 18.6 Å². The highest BCUT2D eigenvalue weighted by molar-refractivity contribution is 5.88. The topological polar surface area (TPSA) is 63.6 Å². The van der Waals surface area contributed by atoms with E-state index in [2.05, 4.69) is 0 Å². The van der Waals surface area contributed by atoms with Crippen LogP contribution in [0.1, 0.15) is 41.8 Å². The average Bonchev–Trinajstić information content (AvgIpc) is 2.19. The highest BCUT2D eigenvalue weighted by atomic mass is 16.5. The van der Waals surface area contributed by atoms with E-state index < -0.39 is 5.41 Å². The lowest BCUT2D eigenvalue weighted by atomic mass is 9.76. The Balaban J connectivity index is 2.80. The molecule has 0 bridgehead atoms. The van der Waals surface area contributed by atoms with E-state index in [9.17, 15) is 14.7 Å². The summed E-state index contributed by atoms with van der Waals surface area (Å²) in [6, 6.07) is 1.59. The Hall–Kier alpha value is -1.84. The van der Waals surface area contributed by atoms with Gasteiger partial charge in [-0.3, -0.25) is 9.59 Å². The van der Waals surface area contributed by atoms with Gasteiger partial charge in [0.05, 0.1) is 12.0 Å². The number of phenols is 1. The fraction of sp³-hybridized carbons (Fsp3) is 0.385. The normalized spacial score (nSPS) is 17.2. The maximum absolute atomic E-state index is 11.5. The number of esters is 1. The molecule has 4 heteroatoms. The zero-order chi connectivity index (χ0) is 12.8. The van der Waals surface area contributed by atoms with Crippen molar-refractivity contribution < 1.29 is 19.4 Å². The second-order valence-electron chi connectivity index (χ2n) is 4.98. The molecule has 0 radical (unpaired) electrons. The highest BCUT2D eigenvalue weighted by Gasteiger charge is 2.37. The average molecular weight is 234 g/mol. The highest BCUT2D eigenvalue weighted by Crippen LogP contribution is 2.44. The van der Waals surface area contributed by atoms with Crippen LogP contribution < -0.4 is 4.74 Å². The molecule has 1 heterocycles. The number of ether oxygens (including phenoxy) is 1. The van der Waals surface area contributed by atoms with Crippen molar-refractivity contribution in [1.29, 1.82) is 0 Å². The van der Waals surface area contributed by atoms with Gasteiger partial charge in [-0.2, -0.15) is 0 Å². The van der Waals surface area contributed by atoms with E-state index in [1.54, 1.807) is 13.0 Å². The molecule has 1 aromatic carbocycles. The van der Waals surface area contributed by atoms with Crippen molar-refractivity contribution in [2.24, 2.45) is 0 Å². The Bertz CT molecular complexity index is 515. The van der Waals surface area contributed by atoms with Crippen LogP contribution in [-0.4, -0.2) is 17.4 Å². The molecule has 0 aromatic heterocycles. The number of benzene rings is 1. The maximum Gasteiger partial charge on any atom is 0.312 e. The summed E-state index contributed by atoms with van der Waals surface area (Å²) in [5, 5.41) is 9.88. The third-order valence-corrected chi connectivity index (χ3v) is 3.10. The zero-order valence-electron chi connectivity index (χ0n) is 10.0. The first kappa shape index (κ1) is 11.6. The van der Waals surface area contributed by atoms with Crippen LogP contribution in [0.4, 0.5) is 0 Å². The molecule has 1 aliphatic heterocycles. The van der Waals surface area contributed by atoms with Gasteiger partial charge in [0.1, 0.15) is 11.5 Å². The number of aldehydes is 1. The van der Waals surface area contributed by atoms with Crippen molar-refractivity contribution in [3.05, 3.63) is 22.8 Å². The summed E-state index contributed by atoms with van der Waals surface area (Å²) in [6.45, 7) is 5.38. The Morgan fingerprint density at radius 3 is 2.71 bits per heavy atom. The fourth-order valence-corrected chi connectivity index (χ4v) is 2.30. The molecule has 1 aliphatic rings. The van der Waals surface area contributed by atoms with Gasteiger partial charge in [-0.25, -0.2) is 0 Å². The molecule has 0 amide bonds. The predicted octanol–water partition coefficient (Wildman–Crippen LogP) is 2.10. The maximum atomic E-state index is 11.5. The summed E-state index contributed by atoms with van der Waals surface area (Å²) in [5.41, 5.74) is 0.843. The lowest BCUT2D eigenvalue weighted by Gasteiger charge is -2.32. The van der Waals surface area contributed by atoms with Crippen LogP contribution in [0.15, 0.2) is 6.07 Å². The van der Waals surface area contributed by atoms with Gasteiger partial charge in [0.15, 0.2) is 6.29 Å². The standard InChI is InChI=1S/C13H14O4/c1-7-4-9-11(8(6-14)12(7)16)13(2,3)5-10(15)17-9/h4,6,16H,5H2,1-3H3. The van der Waals surface area contributed by atoms with Crippen molar-refractivity contribution in [2.45, 2.75) is 32.6 Å². The van der Waals surface area contributed by atoms with Gasteiger partial charge in [0.25, 0.3) is 0 Å². The van der Waals surface area contributed by atoms with Crippen LogP contribution in [-0.2, 0) is 10.2 Å². The minimum absolute atomic E-state index is 0.0372. The van der Waals surface area contributed by atoms with E-state index in [4.69, 9.17) is 4.74 Å². The predicted molar refractivity (Wildman–Crippen MR) is 61.5 cm³/mol. The summed E-state index contributed by atoms with van der Waals surface area (Å²) in [5.74, 6) is 0.0258. The summed E-state index contributed by atoms with van der Waals surface area (Å²) in [4.78, 5) is 22.6. The van der Waals surface area contributed by atoms with Gasteiger partial charge >= 0.3 is 5.97 Å². The number of hydrogen-bond donors (Lipinski definition) is 1. The summed E-state index contributed by atoms with van der Waals surface area (Å²) < 4.78 is 5.14. The Labute approximate surface area is 99.2 Å². The molecule has 0 saturated heterocycles. The van der Waals surface area contributed by atoms with Crippen LogP contribution in [0.25, 0.3) is 0 Å². The number of rotatable bonds is 1.